The predicted molar refractivity (Wildman–Crippen MR) is 545 cm³/mol. The number of rotatable bonds is 16. The number of aromatic nitrogens is 17. The molecule has 5 aliphatic carbocycles. The maximum Gasteiger partial charge on any atom is 0.232 e. The summed E-state index contributed by atoms with van der Waals surface area (Å²) < 4.78 is 6.21. The van der Waals surface area contributed by atoms with Crippen LogP contribution >= 0.6 is 0 Å². The number of nitrogens with one attached hydrogen (secondary N) is 5. The van der Waals surface area contributed by atoms with E-state index in [9.17, 15) is 4.79 Å². The number of ketones is 1. The third-order valence-corrected chi connectivity index (χ3v) is 31.6. The third-order valence-electron chi connectivity index (χ3n) is 31.6. The summed E-state index contributed by atoms with van der Waals surface area (Å²) in [6, 6.07) is 20.9. The van der Waals surface area contributed by atoms with E-state index in [4.69, 9.17) is 29.9 Å². The molecule has 24 rings (SSSR count). The van der Waals surface area contributed by atoms with Gasteiger partial charge in [0.05, 0.1) is 94.1 Å². The van der Waals surface area contributed by atoms with Crippen LogP contribution in [-0.4, -0.2) is 263 Å². The number of imidazole rings is 1. The van der Waals surface area contributed by atoms with Crippen LogP contribution in [0.5, 0.6) is 0 Å². The second-order valence-electron chi connectivity index (χ2n) is 41.2. The van der Waals surface area contributed by atoms with E-state index in [2.05, 4.69) is 216 Å². The van der Waals surface area contributed by atoms with Crippen molar-refractivity contribution in [2.75, 3.05) is 152 Å². The number of allylic oxidation sites excluding steroid dienone is 2. The highest BCUT2D eigenvalue weighted by Gasteiger charge is 2.47. The highest BCUT2D eigenvalue weighted by molar-refractivity contribution is 6.02. The Morgan fingerprint density at radius 3 is 1.31 bits per heavy atom. The van der Waals surface area contributed by atoms with Crippen molar-refractivity contribution >= 4 is 139 Å². The zero-order valence-corrected chi connectivity index (χ0v) is 81.3. The minimum absolute atomic E-state index is 0.0508. The van der Waals surface area contributed by atoms with Crippen molar-refractivity contribution in [3.8, 4) is 0 Å². The molecule has 718 valence electrons. The Morgan fingerprint density at radius 1 is 0.387 bits per heavy atom. The van der Waals surface area contributed by atoms with Gasteiger partial charge in [0.1, 0.15) is 40.8 Å². The van der Waals surface area contributed by atoms with Crippen LogP contribution in [0.25, 0.3) is 33.4 Å². The van der Waals surface area contributed by atoms with Gasteiger partial charge < -0.3 is 45.4 Å². The van der Waals surface area contributed by atoms with Gasteiger partial charge in [0, 0.05) is 200 Å². The van der Waals surface area contributed by atoms with Crippen LogP contribution in [0.15, 0.2) is 125 Å². The molecule has 4 saturated heterocycles. The molecule has 4 spiro atoms. The fraction of sp³-hybridized carbons (Fsp3) is 0.553. The second-order valence-corrected chi connectivity index (χ2v) is 41.2. The van der Waals surface area contributed by atoms with Crippen LogP contribution < -0.4 is 46.2 Å². The Labute approximate surface area is 803 Å². The molecule has 34 heteroatoms. The van der Waals surface area contributed by atoms with Crippen molar-refractivity contribution in [1.82, 2.24) is 108 Å². The summed E-state index contributed by atoms with van der Waals surface area (Å²) in [5.41, 5.74) is 15.0. The number of piperazine rings is 4. The molecule has 0 atom stereocenters. The monoisotopic (exact) mass is 1850 g/mol. The molecule has 11 aromatic heterocycles. The van der Waals surface area contributed by atoms with Gasteiger partial charge in [-0.25, -0.2) is 64.3 Å². The van der Waals surface area contributed by atoms with E-state index >= 15 is 0 Å². The zero-order valence-electron chi connectivity index (χ0n) is 81.3. The number of hydrogen-bond acceptors (Lipinski definition) is 31. The van der Waals surface area contributed by atoms with Gasteiger partial charge >= 0.3 is 0 Å². The van der Waals surface area contributed by atoms with Crippen LogP contribution in [0.4, 0.5) is 81.6 Å². The van der Waals surface area contributed by atoms with Gasteiger partial charge in [-0.2, -0.15) is 15.0 Å². The third kappa shape index (κ3) is 19.1. The molecule has 34 nitrogen and oxygen atoms in total. The number of Topliss-reactive ketones (excluding diaryl/α,β-unsaturated/α-hetero) is 1. The summed E-state index contributed by atoms with van der Waals surface area (Å²) >= 11 is 0. The summed E-state index contributed by atoms with van der Waals surface area (Å²) in [5, 5.41) is 22.3. The van der Waals surface area contributed by atoms with Crippen molar-refractivity contribution in [3.05, 3.63) is 133 Å². The number of carbonyl (C=O) groups is 1. The van der Waals surface area contributed by atoms with Crippen LogP contribution in [0.2, 0.25) is 0 Å². The SMILES string of the molecule is CC(C)N1CCN(c2ccc(Nc3ncc4c(n3)C3=C(C4)N=CCC34CCCCC4)nc2)CC1.CC(C)N1CCN(c2ccc(Nc3ncc4cc5n(c4n3)C3(CCCCC3)NCC5=O)nc2)CC1.CC(C)N1CCN(c2ccc(Nc3ncc4nc5n(c4n3)C3(CC=N5)CCCCC3)nc2)CC1.CC(C)N1CCN(c2ccc(Nc3ncn4nc5c(c4n3)C3(CC=N5)CCCCC3)nc2)CC1. The van der Waals surface area contributed by atoms with Gasteiger partial charge in [-0.1, -0.05) is 64.2 Å². The van der Waals surface area contributed by atoms with Crippen molar-refractivity contribution in [3.63, 3.8) is 0 Å². The lowest BCUT2D eigenvalue weighted by molar-refractivity contribution is 0.0807. The van der Waals surface area contributed by atoms with Gasteiger partial charge in [-0.15, -0.1) is 5.10 Å². The molecule has 0 unspecified atom stereocenters. The van der Waals surface area contributed by atoms with Gasteiger partial charge in [0.25, 0.3) is 0 Å². The minimum atomic E-state index is -0.228. The van der Waals surface area contributed by atoms with Crippen LogP contribution in [0, 0.1) is 5.41 Å². The lowest BCUT2D eigenvalue weighted by Crippen LogP contribution is -2.55. The highest BCUT2D eigenvalue weighted by atomic mass is 16.1. The van der Waals surface area contributed by atoms with E-state index in [0.29, 0.717) is 60.3 Å². The molecule has 8 fully saturated rings. The summed E-state index contributed by atoms with van der Waals surface area (Å²) in [7, 11) is 0. The number of pyridine rings is 4. The molecule has 0 radical (unpaired) electrons. The summed E-state index contributed by atoms with van der Waals surface area (Å²) in [4.78, 5) is 107. The molecular formula is C103H135N33O. The Bertz CT molecular complexity index is 6010. The Hall–Kier alpha value is -12.0. The van der Waals surface area contributed by atoms with Gasteiger partial charge in [-0.3, -0.25) is 39.3 Å². The minimum Gasteiger partial charge on any atom is -0.368 e. The quantitative estimate of drug-likeness (QED) is 0.0600. The van der Waals surface area contributed by atoms with E-state index in [1.165, 1.54) is 118 Å². The number of carbonyl (C=O) groups excluding carboxylic acids is 1. The first-order valence-corrected chi connectivity index (χ1v) is 51.1. The summed E-state index contributed by atoms with van der Waals surface area (Å²) in [6.45, 7) is 35.4. The average molecular weight is 1850 g/mol. The lowest BCUT2D eigenvalue weighted by atomic mass is 9.65. The van der Waals surface area contributed by atoms with Crippen LogP contribution in [0.1, 0.15) is 230 Å². The van der Waals surface area contributed by atoms with Crippen molar-refractivity contribution < 1.29 is 4.79 Å². The van der Waals surface area contributed by atoms with Gasteiger partial charge in [-0.05, 0) is 187 Å². The molecule has 11 aromatic rings. The zero-order chi connectivity index (χ0) is 93.4. The number of nitrogens with zero attached hydrogens (tertiary/aromatic N) is 28. The molecular weight excluding hydrogens is 1720 g/mol. The number of anilines is 12. The number of hydrogen-bond donors (Lipinski definition) is 5. The first kappa shape index (κ1) is 91.4. The topological polar surface area (TPSA) is 335 Å². The molecule has 0 bridgehead atoms. The maximum absolute atomic E-state index is 12.7. The fourth-order valence-electron chi connectivity index (χ4n) is 23.7. The van der Waals surface area contributed by atoms with E-state index in [-0.39, 0.29) is 27.8 Å². The Balaban J connectivity index is 0.000000109. The molecule has 13 aliphatic rings. The highest BCUT2D eigenvalue weighted by Crippen LogP contribution is 2.56. The first-order chi connectivity index (χ1) is 66.9. The molecule has 19 heterocycles. The van der Waals surface area contributed by atoms with E-state index in [1.807, 2.05) is 79.9 Å². The van der Waals surface area contributed by atoms with Crippen LogP contribution in [-0.2, 0) is 23.0 Å². The second kappa shape index (κ2) is 39.5. The largest absolute Gasteiger partial charge is 0.368 e. The van der Waals surface area contributed by atoms with E-state index in [0.717, 1.165) is 254 Å². The smallest absolute Gasteiger partial charge is 0.232 e. The van der Waals surface area contributed by atoms with Gasteiger partial charge in [0.2, 0.25) is 29.7 Å². The van der Waals surface area contributed by atoms with E-state index in [1.54, 1.807) is 17.0 Å². The molecule has 137 heavy (non-hydrogen) atoms. The molecule has 8 aliphatic heterocycles. The average Bonchev–Trinajstić information content (AvgIpc) is 1.56. The fourth-order valence-corrected chi connectivity index (χ4v) is 23.7. The molecule has 0 aromatic carbocycles. The molecule has 4 saturated carbocycles. The summed E-state index contributed by atoms with van der Waals surface area (Å²) in [5.74, 6) is 6.86. The van der Waals surface area contributed by atoms with E-state index < -0.39 is 0 Å². The molecule has 0 amide bonds. The van der Waals surface area contributed by atoms with Gasteiger partial charge in [0.15, 0.2) is 22.9 Å². The number of aliphatic imine (C=N–C) groups is 3. The Morgan fingerprint density at radius 2 is 0.818 bits per heavy atom. The van der Waals surface area contributed by atoms with Crippen molar-refractivity contribution in [2.45, 2.75) is 250 Å². The Kier molecular flexibility index (Phi) is 26.4. The standard InChI is InChI=1S/C27H35N7.C26H34N8O.2C25H33N9/c1-19(2)33-12-14-34(15-13-33)21-6-7-23(29-18-21)31-26-30-17-20-16-22-24(25(20)32-26)27(10-11-28-22)8-4-3-5-9-27;1-18(2)32-10-12-33(13-11-32)20-6-7-23(27-16-20)30-25-28-15-19-14-21-22(35)17-29-26(8-4-3-5-9-26)34(21)24(19)31-25;1-18(2)32-12-14-33(15-13-32)19-6-7-21(27-16-19)30-23-28-17-20-22(31-23)34-24(29-20)26-11-10-25(34)8-4-3-5-9-25;1-18(2)32-12-14-33(15-13-32)19-6-7-20(27-16-19)29-24-28-17-34-23(30-24)21-22(31-34)26-11-10-25(21)8-4-3-5-9-25/h6-7,11,17-19H,3-5,8-10,12-16H2,1-2H3,(H,29,30,31,32);6-7,14-16,18,29H,3-5,8-13,17H2,1-2H3,(H,27,28,30,31);6-7,11,16-18H,3-5,8-10,12-15H2,1-2H3,(H,27,28,30,31);6-7,11,16-18H,3-5,8-10,12-15H2,1-2H3,(H,27,29,30). The van der Waals surface area contributed by atoms with Crippen molar-refractivity contribution in [2.24, 2.45) is 20.4 Å². The predicted octanol–water partition coefficient (Wildman–Crippen LogP) is 16.7. The normalized spacial score (nSPS) is 20.7. The van der Waals surface area contributed by atoms with Crippen molar-refractivity contribution in [1.29, 1.82) is 0 Å². The lowest BCUT2D eigenvalue weighted by Gasteiger charge is -2.43. The first-order valence-electron chi connectivity index (χ1n) is 51.1. The summed E-state index contributed by atoms with van der Waals surface area (Å²) in [6.07, 6.45) is 49.4. The number of fused-ring (bicyclic) bond motifs is 15. The van der Waals surface area contributed by atoms with Crippen LogP contribution in [0.3, 0.4) is 0 Å². The molecule has 5 N–H and O–H groups in total. The maximum atomic E-state index is 12.7.